The molecule has 0 fully saturated rings. The molecule has 2 heterocycles. The second-order valence-electron chi connectivity index (χ2n) is 4.02. The Labute approximate surface area is 104 Å². The zero-order chi connectivity index (χ0) is 12.4. The molecule has 0 unspecified atom stereocenters. The summed E-state index contributed by atoms with van der Waals surface area (Å²) in [5, 5.41) is 11.8. The van der Waals surface area contributed by atoms with Crippen LogP contribution in [0.15, 0.2) is 11.4 Å². The van der Waals surface area contributed by atoms with Gasteiger partial charge in [0.15, 0.2) is 0 Å². The smallest absolute Gasteiger partial charge is 0.255 e. The number of rotatable bonds is 3. The summed E-state index contributed by atoms with van der Waals surface area (Å²) < 4.78 is 0. The lowest BCUT2D eigenvalue weighted by Crippen LogP contribution is -2.23. The van der Waals surface area contributed by atoms with Crippen LogP contribution in [-0.2, 0) is 6.54 Å². The van der Waals surface area contributed by atoms with E-state index in [4.69, 9.17) is 0 Å². The van der Waals surface area contributed by atoms with Crippen molar-refractivity contribution in [2.24, 2.45) is 0 Å². The van der Waals surface area contributed by atoms with Crippen LogP contribution >= 0.6 is 11.3 Å². The highest BCUT2D eigenvalue weighted by molar-refractivity contribution is 7.10. The van der Waals surface area contributed by atoms with Crippen molar-refractivity contribution in [1.82, 2.24) is 15.5 Å². The van der Waals surface area contributed by atoms with E-state index in [1.165, 1.54) is 10.4 Å². The minimum Gasteiger partial charge on any atom is -0.347 e. The van der Waals surface area contributed by atoms with Crippen LogP contribution < -0.4 is 5.32 Å². The number of hydrogen-bond acceptors (Lipinski definition) is 3. The molecule has 0 atom stereocenters. The van der Waals surface area contributed by atoms with Gasteiger partial charge in [0.2, 0.25) is 0 Å². The van der Waals surface area contributed by atoms with Gasteiger partial charge in [-0.2, -0.15) is 5.10 Å². The van der Waals surface area contributed by atoms with Gasteiger partial charge in [-0.15, -0.1) is 11.3 Å². The SMILES string of the molecule is Cc1ccsc1CNC(=O)c1c(C)n[nH]c1C. The third kappa shape index (κ3) is 2.39. The molecule has 17 heavy (non-hydrogen) atoms. The number of carbonyl (C=O) groups excluding carboxylic acids is 1. The van der Waals surface area contributed by atoms with Gasteiger partial charge < -0.3 is 5.32 Å². The van der Waals surface area contributed by atoms with E-state index in [0.717, 1.165) is 11.4 Å². The van der Waals surface area contributed by atoms with E-state index in [0.29, 0.717) is 12.1 Å². The lowest BCUT2D eigenvalue weighted by atomic mass is 10.2. The maximum atomic E-state index is 12.0. The third-order valence-corrected chi connectivity index (χ3v) is 3.76. The largest absolute Gasteiger partial charge is 0.347 e. The number of thiophene rings is 1. The summed E-state index contributed by atoms with van der Waals surface area (Å²) in [6, 6.07) is 2.06. The number of nitrogens with zero attached hydrogens (tertiary/aromatic N) is 1. The van der Waals surface area contributed by atoms with Gasteiger partial charge in [-0.25, -0.2) is 0 Å². The van der Waals surface area contributed by atoms with Crippen LogP contribution in [0.1, 0.15) is 32.2 Å². The Kier molecular flexibility index (Phi) is 3.28. The second kappa shape index (κ2) is 4.71. The average Bonchev–Trinajstić information content (AvgIpc) is 2.83. The molecule has 2 aromatic rings. The highest BCUT2D eigenvalue weighted by Crippen LogP contribution is 2.15. The molecule has 0 aliphatic heterocycles. The van der Waals surface area contributed by atoms with E-state index in [1.807, 2.05) is 26.2 Å². The first-order valence-electron chi connectivity index (χ1n) is 5.42. The van der Waals surface area contributed by atoms with Crippen molar-refractivity contribution in [1.29, 1.82) is 0 Å². The molecule has 90 valence electrons. The Morgan fingerprint density at radius 1 is 1.47 bits per heavy atom. The lowest BCUT2D eigenvalue weighted by molar-refractivity contribution is 0.0950. The Morgan fingerprint density at radius 3 is 2.76 bits per heavy atom. The van der Waals surface area contributed by atoms with Crippen LogP contribution in [0.3, 0.4) is 0 Å². The standard InChI is InChI=1S/C12H15N3OS/c1-7-4-5-17-10(7)6-13-12(16)11-8(2)14-15-9(11)3/h4-5H,6H2,1-3H3,(H,13,16)(H,14,15). The number of carbonyl (C=O) groups is 1. The molecule has 0 radical (unpaired) electrons. The first kappa shape index (κ1) is 11.9. The zero-order valence-electron chi connectivity index (χ0n) is 10.1. The van der Waals surface area contributed by atoms with Gasteiger partial charge in [0.1, 0.15) is 0 Å². The number of amides is 1. The van der Waals surface area contributed by atoms with Crippen LogP contribution in [0.5, 0.6) is 0 Å². The van der Waals surface area contributed by atoms with Gasteiger partial charge >= 0.3 is 0 Å². The minimum absolute atomic E-state index is 0.0680. The predicted molar refractivity (Wildman–Crippen MR) is 68.3 cm³/mol. The van der Waals surface area contributed by atoms with Crippen LogP contribution in [0.2, 0.25) is 0 Å². The summed E-state index contributed by atoms with van der Waals surface area (Å²) in [5.41, 5.74) is 3.42. The molecular formula is C12H15N3OS. The fourth-order valence-electron chi connectivity index (χ4n) is 1.72. The van der Waals surface area contributed by atoms with Crippen molar-refractivity contribution in [3.05, 3.63) is 38.8 Å². The number of aryl methyl sites for hydroxylation is 3. The molecule has 2 aromatic heterocycles. The second-order valence-corrected chi connectivity index (χ2v) is 5.02. The normalized spacial score (nSPS) is 10.5. The molecule has 0 bridgehead atoms. The van der Waals surface area contributed by atoms with Gasteiger partial charge in [-0.3, -0.25) is 9.89 Å². The van der Waals surface area contributed by atoms with E-state index in [-0.39, 0.29) is 5.91 Å². The zero-order valence-corrected chi connectivity index (χ0v) is 10.9. The van der Waals surface area contributed by atoms with Crippen molar-refractivity contribution in [3.63, 3.8) is 0 Å². The van der Waals surface area contributed by atoms with Crippen LogP contribution in [0.25, 0.3) is 0 Å². The summed E-state index contributed by atoms with van der Waals surface area (Å²) in [6.07, 6.45) is 0. The van der Waals surface area contributed by atoms with Crippen LogP contribution in [-0.4, -0.2) is 16.1 Å². The Morgan fingerprint density at radius 2 is 2.24 bits per heavy atom. The molecule has 0 aromatic carbocycles. The van der Waals surface area contributed by atoms with Crippen molar-refractivity contribution >= 4 is 17.2 Å². The molecule has 0 saturated heterocycles. The minimum atomic E-state index is -0.0680. The van der Waals surface area contributed by atoms with Crippen LogP contribution in [0, 0.1) is 20.8 Å². The maximum Gasteiger partial charge on any atom is 0.255 e. The van der Waals surface area contributed by atoms with Crippen molar-refractivity contribution in [3.8, 4) is 0 Å². The van der Waals surface area contributed by atoms with Crippen molar-refractivity contribution in [2.45, 2.75) is 27.3 Å². The Hall–Kier alpha value is -1.62. The maximum absolute atomic E-state index is 12.0. The number of aromatic amines is 1. The fourth-order valence-corrected chi connectivity index (χ4v) is 2.57. The van der Waals surface area contributed by atoms with Gasteiger partial charge in [-0.05, 0) is 37.8 Å². The number of H-pyrrole nitrogens is 1. The summed E-state index contributed by atoms with van der Waals surface area (Å²) >= 11 is 1.66. The molecule has 2 N–H and O–H groups in total. The first-order chi connectivity index (χ1) is 8.09. The summed E-state index contributed by atoms with van der Waals surface area (Å²) in [6.45, 7) is 6.30. The van der Waals surface area contributed by atoms with Crippen molar-refractivity contribution < 1.29 is 4.79 Å². The topological polar surface area (TPSA) is 57.8 Å². The molecule has 2 rings (SSSR count). The fraction of sp³-hybridized carbons (Fsp3) is 0.333. The van der Waals surface area contributed by atoms with Gasteiger partial charge in [0, 0.05) is 10.6 Å². The molecular weight excluding hydrogens is 234 g/mol. The molecule has 4 nitrogen and oxygen atoms in total. The molecule has 5 heteroatoms. The van der Waals surface area contributed by atoms with E-state index < -0.39 is 0 Å². The van der Waals surface area contributed by atoms with Gasteiger partial charge in [0.05, 0.1) is 17.8 Å². The molecule has 0 saturated carbocycles. The van der Waals surface area contributed by atoms with Crippen LogP contribution in [0.4, 0.5) is 0 Å². The Balaban J connectivity index is 2.06. The molecule has 0 aliphatic carbocycles. The van der Waals surface area contributed by atoms with Crippen molar-refractivity contribution in [2.75, 3.05) is 0 Å². The number of hydrogen-bond donors (Lipinski definition) is 2. The lowest BCUT2D eigenvalue weighted by Gasteiger charge is -2.04. The molecule has 0 spiro atoms. The predicted octanol–water partition coefficient (Wildman–Crippen LogP) is 2.33. The highest BCUT2D eigenvalue weighted by Gasteiger charge is 2.15. The van der Waals surface area contributed by atoms with E-state index in [1.54, 1.807) is 11.3 Å². The summed E-state index contributed by atoms with van der Waals surface area (Å²) in [4.78, 5) is 13.2. The molecule has 1 amide bonds. The first-order valence-corrected chi connectivity index (χ1v) is 6.30. The molecule has 0 aliphatic rings. The monoisotopic (exact) mass is 249 g/mol. The van der Waals surface area contributed by atoms with Gasteiger partial charge in [0.25, 0.3) is 5.91 Å². The van der Waals surface area contributed by atoms with E-state index >= 15 is 0 Å². The van der Waals surface area contributed by atoms with E-state index in [2.05, 4.69) is 21.6 Å². The third-order valence-electron chi connectivity index (χ3n) is 2.73. The quantitative estimate of drug-likeness (QED) is 0.877. The number of aromatic nitrogens is 2. The average molecular weight is 249 g/mol. The summed E-state index contributed by atoms with van der Waals surface area (Å²) in [7, 11) is 0. The highest BCUT2D eigenvalue weighted by atomic mass is 32.1. The van der Waals surface area contributed by atoms with Gasteiger partial charge in [-0.1, -0.05) is 0 Å². The number of nitrogens with one attached hydrogen (secondary N) is 2. The summed E-state index contributed by atoms with van der Waals surface area (Å²) in [5.74, 6) is -0.0680. The van der Waals surface area contributed by atoms with E-state index in [9.17, 15) is 4.79 Å². The Bertz CT molecular complexity index is 522.